The van der Waals surface area contributed by atoms with Gasteiger partial charge in [-0.05, 0) is 50.4 Å². The summed E-state index contributed by atoms with van der Waals surface area (Å²) in [5.74, 6) is -0.569. The molecular formula is C21H35N3O5. The minimum Gasteiger partial charge on any atom is -0.444 e. The van der Waals surface area contributed by atoms with Crippen LogP contribution in [0.3, 0.4) is 0 Å². The maximum Gasteiger partial charge on any atom is 0.410 e. The van der Waals surface area contributed by atoms with E-state index in [1.165, 1.54) is 4.90 Å². The molecule has 2 saturated carbocycles. The van der Waals surface area contributed by atoms with Gasteiger partial charge in [-0.3, -0.25) is 14.5 Å². The summed E-state index contributed by atoms with van der Waals surface area (Å²) in [5.41, 5.74) is 4.61. The van der Waals surface area contributed by atoms with Gasteiger partial charge in [0, 0.05) is 6.54 Å². The van der Waals surface area contributed by atoms with E-state index in [-0.39, 0.29) is 23.2 Å². The van der Waals surface area contributed by atoms with Crippen molar-refractivity contribution in [2.24, 2.45) is 28.9 Å². The maximum atomic E-state index is 13.3. The molecule has 3 amide bonds. The van der Waals surface area contributed by atoms with E-state index in [0.29, 0.717) is 18.9 Å². The summed E-state index contributed by atoms with van der Waals surface area (Å²) >= 11 is 0. The summed E-state index contributed by atoms with van der Waals surface area (Å²) in [6.07, 6.45) is 1.70. The lowest BCUT2D eigenvalue weighted by Crippen LogP contribution is -2.57. The van der Waals surface area contributed by atoms with Crippen molar-refractivity contribution in [2.45, 2.75) is 84.1 Å². The predicted octanol–water partition coefficient (Wildman–Crippen LogP) is 1.40. The second-order valence-electron chi connectivity index (χ2n) is 10.5. The number of ether oxygens (including phenoxy) is 1. The van der Waals surface area contributed by atoms with Crippen molar-refractivity contribution in [2.75, 3.05) is 6.54 Å². The van der Waals surface area contributed by atoms with Gasteiger partial charge in [0.05, 0.1) is 6.04 Å². The molecule has 5 atom stereocenters. The first-order valence-electron chi connectivity index (χ1n) is 10.6. The lowest BCUT2D eigenvalue weighted by Gasteiger charge is -2.35. The van der Waals surface area contributed by atoms with Gasteiger partial charge in [-0.15, -0.1) is 0 Å². The van der Waals surface area contributed by atoms with Gasteiger partial charge >= 0.3 is 6.09 Å². The van der Waals surface area contributed by atoms with Gasteiger partial charge in [-0.25, -0.2) is 4.79 Å². The maximum absolute atomic E-state index is 13.3. The van der Waals surface area contributed by atoms with Crippen molar-refractivity contribution in [3.05, 3.63) is 0 Å². The van der Waals surface area contributed by atoms with E-state index in [0.717, 1.165) is 19.3 Å². The third-order valence-electron chi connectivity index (χ3n) is 6.92. The first-order chi connectivity index (χ1) is 13.3. The Hall–Kier alpha value is -1.83. The van der Waals surface area contributed by atoms with Crippen molar-refractivity contribution in [1.29, 1.82) is 0 Å². The number of carbonyl (C=O) groups is 3. The number of aliphatic hydroxyl groups is 1. The fourth-order valence-electron chi connectivity index (χ4n) is 4.92. The highest BCUT2D eigenvalue weighted by Crippen LogP contribution is 2.65. The van der Waals surface area contributed by atoms with Crippen LogP contribution in [0.1, 0.15) is 60.3 Å². The number of hydrogen-bond donors (Lipinski definition) is 3. The van der Waals surface area contributed by atoms with Gasteiger partial charge in [-0.2, -0.15) is 0 Å². The minimum absolute atomic E-state index is 0.0325. The first kappa shape index (κ1) is 21.9. The van der Waals surface area contributed by atoms with Crippen LogP contribution in [0.4, 0.5) is 4.79 Å². The van der Waals surface area contributed by atoms with E-state index in [9.17, 15) is 19.5 Å². The number of fused-ring (bicyclic) bond motifs is 1. The molecule has 4 N–H and O–H groups in total. The normalized spacial score (nSPS) is 30.0. The van der Waals surface area contributed by atoms with Crippen LogP contribution in [0.2, 0.25) is 0 Å². The van der Waals surface area contributed by atoms with Gasteiger partial charge < -0.3 is 20.9 Å². The molecule has 3 aliphatic rings. The number of nitrogens with zero attached hydrogens (tertiary/aromatic N) is 1. The average molecular weight is 410 g/mol. The molecule has 1 heterocycles. The largest absolute Gasteiger partial charge is 0.444 e. The first-order valence-corrected chi connectivity index (χ1v) is 10.6. The number of nitrogens with one attached hydrogen (secondary N) is 1. The average Bonchev–Trinajstić information content (AvgIpc) is 2.92. The molecule has 29 heavy (non-hydrogen) atoms. The predicted molar refractivity (Wildman–Crippen MR) is 107 cm³/mol. The Kier molecular flexibility index (Phi) is 5.62. The second kappa shape index (κ2) is 7.45. The highest BCUT2D eigenvalue weighted by atomic mass is 16.6. The Morgan fingerprint density at radius 1 is 1.28 bits per heavy atom. The number of aliphatic hydroxyl groups excluding tert-OH is 1. The van der Waals surface area contributed by atoms with Crippen molar-refractivity contribution in [1.82, 2.24) is 10.2 Å². The topological polar surface area (TPSA) is 122 Å². The van der Waals surface area contributed by atoms with Gasteiger partial charge in [0.1, 0.15) is 11.6 Å². The number of likely N-dealkylation sites (tertiary alicyclic amines) is 1. The molecule has 0 radical (unpaired) electrons. The molecule has 8 heteroatoms. The smallest absolute Gasteiger partial charge is 0.410 e. The number of hydrogen-bond acceptors (Lipinski definition) is 5. The fourth-order valence-corrected chi connectivity index (χ4v) is 4.92. The van der Waals surface area contributed by atoms with E-state index in [2.05, 4.69) is 19.2 Å². The summed E-state index contributed by atoms with van der Waals surface area (Å²) < 4.78 is 5.50. The zero-order valence-corrected chi connectivity index (χ0v) is 18.1. The Morgan fingerprint density at radius 2 is 1.90 bits per heavy atom. The molecule has 0 aromatic heterocycles. The molecule has 1 saturated heterocycles. The molecule has 3 rings (SSSR count). The van der Waals surface area contributed by atoms with Crippen LogP contribution in [0, 0.1) is 23.2 Å². The molecule has 0 aromatic carbocycles. The van der Waals surface area contributed by atoms with Crippen LogP contribution in [0.15, 0.2) is 0 Å². The van der Waals surface area contributed by atoms with Crippen LogP contribution < -0.4 is 11.1 Å². The number of piperidine rings is 1. The third kappa shape index (κ3) is 4.37. The second-order valence-corrected chi connectivity index (χ2v) is 10.5. The molecule has 0 aromatic rings. The van der Waals surface area contributed by atoms with Crippen molar-refractivity contribution < 1.29 is 24.2 Å². The quantitative estimate of drug-likeness (QED) is 0.612. The number of carbonyl (C=O) groups excluding carboxylic acids is 3. The molecule has 0 bridgehead atoms. The van der Waals surface area contributed by atoms with Gasteiger partial charge in [0.25, 0.3) is 0 Å². The van der Waals surface area contributed by atoms with E-state index < -0.39 is 35.8 Å². The monoisotopic (exact) mass is 409 g/mol. The van der Waals surface area contributed by atoms with Crippen LogP contribution in [0.25, 0.3) is 0 Å². The highest BCUT2D eigenvalue weighted by molar-refractivity contribution is 5.89. The third-order valence-corrected chi connectivity index (χ3v) is 6.92. The Morgan fingerprint density at radius 3 is 2.38 bits per heavy atom. The molecule has 8 nitrogen and oxygen atoms in total. The summed E-state index contributed by atoms with van der Waals surface area (Å²) in [6.45, 7) is 10.0. The lowest BCUT2D eigenvalue weighted by molar-refractivity contribution is -0.132. The van der Waals surface area contributed by atoms with Crippen molar-refractivity contribution in [3.8, 4) is 0 Å². The SMILES string of the molecule is CC(C)(C)OC(=O)N1CC2[C@@H]([C@H]1C(=O)NC(CC1CCC1)C(O)C(N)=O)C2(C)C. The highest BCUT2D eigenvalue weighted by Gasteiger charge is 2.69. The molecular weight excluding hydrogens is 374 g/mol. The Balaban J connectivity index is 1.75. The standard InChI is InChI=1S/C21H35N3O5/c1-20(2,3)29-19(28)24-10-12-14(21(12,4)5)15(24)18(27)23-13(16(25)17(22)26)9-11-7-6-8-11/h11-16,25H,6-10H2,1-5H3,(H2,22,26)(H,23,27)/t12?,13?,14-,15-,16?/m0/s1. The van der Waals surface area contributed by atoms with E-state index in [1.807, 2.05) is 0 Å². The summed E-state index contributed by atoms with van der Waals surface area (Å²) in [6, 6.07) is -1.42. The zero-order chi connectivity index (χ0) is 21.7. The molecule has 2 aliphatic carbocycles. The van der Waals surface area contributed by atoms with Crippen LogP contribution in [-0.2, 0) is 14.3 Å². The van der Waals surface area contributed by atoms with Crippen molar-refractivity contribution >= 4 is 17.9 Å². The number of rotatable bonds is 6. The van der Waals surface area contributed by atoms with Crippen LogP contribution in [-0.4, -0.2) is 58.2 Å². The lowest BCUT2D eigenvalue weighted by atomic mass is 9.79. The Labute approximate surface area is 172 Å². The van der Waals surface area contributed by atoms with Gasteiger partial charge in [0.2, 0.25) is 11.8 Å². The molecule has 164 valence electrons. The van der Waals surface area contributed by atoms with E-state index >= 15 is 0 Å². The zero-order valence-electron chi connectivity index (χ0n) is 18.1. The van der Waals surface area contributed by atoms with Crippen molar-refractivity contribution in [3.63, 3.8) is 0 Å². The van der Waals surface area contributed by atoms with Gasteiger partial charge in [-0.1, -0.05) is 33.1 Å². The van der Waals surface area contributed by atoms with Gasteiger partial charge in [0.15, 0.2) is 6.10 Å². The van der Waals surface area contributed by atoms with Crippen LogP contribution >= 0.6 is 0 Å². The fraction of sp³-hybridized carbons (Fsp3) is 0.857. The minimum atomic E-state index is -1.45. The summed E-state index contributed by atoms with van der Waals surface area (Å²) in [4.78, 5) is 39.0. The summed E-state index contributed by atoms with van der Waals surface area (Å²) in [7, 11) is 0. The molecule has 1 aliphatic heterocycles. The number of nitrogens with two attached hydrogens (primary N) is 1. The molecule has 3 fully saturated rings. The number of amides is 3. The summed E-state index contributed by atoms with van der Waals surface area (Å²) in [5, 5.41) is 13.1. The molecule has 3 unspecified atom stereocenters. The van der Waals surface area contributed by atoms with E-state index in [1.54, 1.807) is 20.8 Å². The van der Waals surface area contributed by atoms with E-state index in [4.69, 9.17) is 10.5 Å². The Bertz CT molecular complexity index is 682. The number of primary amides is 1. The molecule has 0 spiro atoms. The van der Waals surface area contributed by atoms with Crippen LogP contribution in [0.5, 0.6) is 0 Å².